The molecule has 0 radical (unpaired) electrons. The van der Waals surface area contributed by atoms with E-state index in [2.05, 4.69) is 22.0 Å². The number of piperazine rings is 1. The Labute approximate surface area is 163 Å². The van der Waals surface area contributed by atoms with E-state index < -0.39 is 5.97 Å². The van der Waals surface area contributed by atoms with E-state index in [9.17, 15) is 9.59 Å². The number of likely N-dealkylation sites (N-methyl/N-ethyl adjacent to an activating group) is 1. The number of amides is 1. The van der Waals surface area contributed by atoms with Crippen molar-refractivity contribution >= 4 is 34.6 Å². The van der Waals surface area contributed by atoms with E-state index in [1.54, 1.807) is 23.5 Å². The average molecular weight is 388 g/mol. The van der Waals surface area contributed by atoms with Crippen molar-refractivity contribution in [2.75, 3.05) is 50.1 Å². The van der Waals surface area contributed by atoms with E-state index in [4.69, 9.17) is 4.74 Å². The summed E-state index contributed by atoms with van der Waals surface area (Å²) in [5, 5.41) is 4.95. The lowest BCUT2D eigenvalue weighted by atomic mass is 10.1. The van der Waals surface area contributed by atoms with Crippen molar-refractivity contribution in [3.63, 3.8) is 0 Å². The van der Waals surface area contributed by atoms with Crippen molar-refractivity contribution in [1.82, 2.24) is 4.90 Å². The molecule has 27 heavy (non-hydrogen) atoms. The number of nitrogens with zero attached hydrogens (tertiary/aromatic N) is 2. The fourth-order valence-corrected chi connectivity index (χ4v) is 3.93. The Bertz CT molecular complexity index is 784. The van der Waals surface area contributed by atoms with E-state index >= 15 is 0 Å². The van der Waals surface area contributed by atoms with Crippen molar-refractivity contribution in [3.8, 4) is 0 Å². The Morgan fingerprint density at radius 2 is 1.96 bits per heavy atom. The number of carbonyl (C=O) groups is 2. The number of rotatable bonds is 6. The monoisotopic (exact) mass is 387 g/mol. The van der Waals surface area contributed by atoms with Gasteiger partial charge in [-0.2, -0.15) is 0 Å². The first kappa shape index (κ1) is 19.4. The SMILES string of the molecule is CCN1CCN(c2ccc(C(=O)OC)cc2NC(=O)Cc2cccs2)CC1. The van der Waals surface area contributed by atoms with Gasteiger partial charge in [-0.25, -0.2) is 4.79 Å². The molecule has 1 fully saturated rings. The van der Waals surface area contributed by atoms with Gasteiger partial charge >= 0.3 is 5.97 Å². The van der Waals surface area contributed by atoms with E-state index in [1.807, 2.05) is 23.6 Å². The standard InChI is InChI=1S/C20H25N3O3S/c1-3-22-8-10-23(11-9-22)18-7-6-15(20(25)26-2)13-17(18)21-19(24)14-16-5-4-12-27-16/h4-7,12-13H,3,8-11,14H2,1-2H3,(H,21,24). The summed E-state index contributed by atoms with van der Waals surface area (Å²) < 4.78 is 4.83. The van der Waals surface area contributed by atoms with E-state index in [1.165, 1.54) is 7.11 Å². The second-order valence-corrected chi connectivity index (χ2v) is 7.48. The highest BCUT2D eigenvalue weighted by Gasteiger charge is 2.20. The topological polar surface area (TPSA) is 61.9 Å². The van der Waals surface area contributed by atoms with Crippen molar-refractivity contribution in [1.29, 1.82) is 0 Å². The molecule has 1 amide bonds. The first-order valence-corrected chi connectivity index (χ1v) is 10.0. The minimum absolute atomic E-state index is 0.0899. The molecule has 2 aromatic rings. The largest absolute Gasteiger partial charge is 0.465 e. The fraction of sp³-hybridized carbons (Fsp3) is 0.400. The highest BCUT2D eigenvalue weighted by atomic mass is 32.1. The summed E-state index contributed by atoms with van der Waals surface area (Å²) >= 11 is 1.56. The van der Waals surface area contributed by atoms with Crippen molar-refractivity contribution in [2.24, 2.45) is 0 Å². The van der Waals surface area contributed by atoms with Gasteiger partial charge in [0.15, 0.2) is 0 Å². The Morgan fingerprint density at radius 3 is 2.59 bits per heavy atom. The molecule has 3 rings (SSSR count). The second-order valence-electron chi connectivity index (χ2n) is 6.45. The Kier molecular flexibility index (Phi) is 6.47. The van der Waals surface area contributed by atoms with Crippen LogP contribution in [0.25, 0.3) is 0 Å². The summed E-state index contributed by atoms with van der Waals surface area (Å²) in [7, 11) is 1.36. The third-order valence-electron chi connectivity index (χ3n) is 4.77. The van der Waals surface area contributed by atoms with Gasteiger partial charge in [-0.15, -0.1) is 11.3 Å². The number of carbonyl (C=O) groups excluding carboxylic acids is 2. The maximum atomic E-state index is 12.5. The minimum atomic E-state index is -0.411. The molecular weight excluding hydrogens is 362 g/mol. The molecular formula is C20H25N3O3S. The van der Waals surface area contributed by atoms with Crippen LogP contribution in [0.15, 0.2) is 35.7 Å². The molecule has 1 aliphatic heterocycles. The van der Waals surface area contributed by atoms with Gasteiger partial charge in [0.1, 0.15) is 0 Å². The van der Waals surface area contributed by atoms with Crippen LogP contribution in [0.2, 0.25) is 0 Å². The van der Waals surface area contributed by atoms with Gasteiger partial charge < -0.3 is 19.9 Å². The third-order valence-corrected chi connectivity index (χ3v) is 5.64. The first-order valence-electron chi connectivity index (χ1n) is 9.12. The molecule has 0 saturated carbocycles. The third kappa shape index (κ3) is 4.87. The zero-order chi connectivity index (χ0) is 19.2. The highest BCUT2D eigenvalue weighted by Crippen LogP contribution is 2.29. The smallest absolute Gasteiger partial charge is 0.337 e. The maximum Gasteiger partial charge on any atom is 0.337 e. The molecule has 144 valence electrons. The number of anilines is 2. The fourth-order valence-electron chi connectivity index (χ4n) is 3.23. The minimum Gasteiger partial charge on any atom is -0.465 e. The van der Waals surface area contributed by atoms with Gasteiger partial charge in [-0.1, -0.05) is 13.0 Å². The molecule has 1 N–H and O–H groups in total. The van der Waals surface area contributed by atoms with Crippen LogP contribution >= 0.6 is 11.3 Å². The van der Waals surface area contributed by atoms with Crippen molar-refractivity contribution in [2.45, 2.75) is 13.3 Å². The van der Waals surface area contributed by atoms with Crippen LogP contribution in [0.1, 0.15) is 22.2 Å². The summed E-state index contributed by atoms with van der Waals surface area (Å²) in [5.41, 5.74) is 2.03. The summed E-state index contributed by atoms with van der Waals surface area (Å²) in [6, 6.07) is 9.24. The van der Waals surface area contributed by atoms with Crippen LogP contribution in [0, 0.1) is 0 Å². The number of benzene rings is 1. The van der Waals surface area contributed by atoms with Gasteiger partial charge in [0, 0.05) is 31.1 Å². The number of thiophene rings is 1. The van der Waals surface area contributed by atoms with Crippen LogP contribution in [-0.4, -0.2) is 56.6 Å². The summed E-state index contributed by atoms with van der Waals surface area (Å²) in [5.74, 6) is -0.501. The normalized spacial score (nSPS) is 14.8. The highest BCUT2D eigenvalue weighted by molar-refractivity contribution is 7.10. The molecule has 0 aliphatic carbocycles. The van der Waals surface area contributed by atoms with Crippen LogP contribution < -0.4 is 10.2 Å². The van der Waals surface area contributed by atoms with Gasteiger partial charge in [0.25, 0.3) is 0 Å². The van der Waals surface area contributed by atoms with Crippen molar-refractivity contribution < 1.29 is 14.3 Å². The molecule has 0 unspecified atom stereocenters. The summed E-state index contributed by atoms with van der Waals surface area (Å²) in [4.78, 5) is 30.1. The molecule has 7 heteroatoms. The number of nitrogens with one attached hydrogen (secondary N) is 1. The molecule has 1 saturated heterocycles. The predicted octanol–water partition coefficient (Wildman–Crippen LogP) is 2.86. The van der Waals surface area contributed by atoms with E-state index in [0.717, 1.165) is 43.3 Å². The second kappa shape index (κ2) is 9.01. The lowest BCUT2D eigenvalue weighted by Crippen LogP contribution is -2.46. The van der Waals surface area contributed by atoms with Crippen LogP contribution in [0.4, 0.5) is 11.4 Å². The molecule has 0 bridgehead atoms. The number of ether oxygens (including phenoxy) is 1. The van der Waals surface area contributed by atoms with Gasteiger partial charge in [-0.3, -0.25) is 4.79 Å². The van der Waals surface area contributed by atoms with Crippen LogP contribution in [0.3, 0.4) is 0 Å². The number of hydrogen-bond donors (Lipinski definition) is 1. The molecule has 6 nitrogen and oxygen atoms in total. The summed E-state index contributed by atoms with van der Waals surface area (Å²) in [6.07, 6.45) is 0.323. The van der Waals surface area contributed by atoms with Crippen molar-refractivity contribution in [3.05, 3.63) is 46.2 Å². The predicted molar refractivity (Wildman–Crippen MR) is 109 cm³/mol. The van der Waals surface area contributed by atoms with Gasteiger partial charge in [0.05, 0.1) is 30.5 Å². The number of esters is 1. The van der Waals surface area contributed by atoms with E-state index in [0.29, 0.717) is 17.7 Å². The molecule has 1 aromatic heterocycles. The lowest BCUT2D eigenvalue weighted by Gasteiger charge is -2.36. The van der Waals surface area contributed by atoms with Gasteiger partial charge in [0.2, 0.25) is 5.91 Å². The number of methoxy groups -OCH3 is 1. The quantitative estimate of drug-likeness (QED) is 0.773. The van der Waals surface area contributed by atoms with Gasteiger partial charge in [-0.05, 0) is 36.2 Å². The zero-order valence-electron chi connectivity index (χ0n) is 15.7. The number of hydrogen-bond acceptors (Lipinski definition) is 6. The lowest BCUT2D eigenvalue weighted by molar-refractivity contribution is -0.115. The van der Waals surface area contributed by atoms with E-state index in [-0.39, 0.29) is 5.91 Å². The van der Waals surface area contributed by atoms with Crippen LogP contribution in [0.5, 0.6) is 0 Å². The Morgan fingerprint density at radius 1 is 1.19 bits per heavy atom. The first-order chi connectivity index (χ1) is 13.1. The molecule has 0 atom stereocenters. The molecule has 1 aromatic carbocycles. The van der Waals surface area contributed by atoms with Crippen LogP contribution in [-0.2, 0) is 16.0 Å². The Balaban J connectivity index is 1.81. The Hall–Kier alpha value is -2.38. The molecule has 2 heterocycles. The average Bonchev–Trinajstić information content (AvgIpc) is 3.20. The zero-order valence-corrected chi connectivity index (χ0v) is 16.6. The summed E-state index contributed by atoms with van der Waals surface area (Å²) in [6.45, 7) is 6.95. The molecule has 0 spiro atoms. The molecule has 1 aliphatic rings. The maximum absolute atomic E-state index is 12.5.